The first-order valence-corrected chi connectivity index (χ1v) is 3.69. The van der Waals surface area contributed by atoms with Crippen molar-refractivity contribution in [2.75, 3.05) is 5.73 Å². The molecule has 3 nitrogen and oxygen atoms in total. The Bertz CT molecular complexity index is 340. The number of nitrogen functional groups attached to an aromatic ring is 1. The van der Waals surface area contributed by atoms with E-state index in [1.54, 1.807) is 13.9 Å². The first kappa shape index (κ1) is 8.94. The van der Waals surface area contributed by atoms with Crippen molar-refractivity contribution in [1.82, 2.24) is 0 Å². The van der Waals surface area contributed by atoms with E-state index in [0.717, 1.165) is 0 Å². The molecule has 12 heavy (non-hydrogen) atoms. The summed E-state index contributed by atoms with van der Waals surface area (Å²) < 4.78 is 0. The summed E-state index contributed by atoms with van der Waals surface area (Å²) in [5, 5.41) is 9.06. The number of nitrogens with two attached hydrogens (primary N) is 1. The molecule has 5 heteroatoms. The molecule has 0 saturated carbocycles. The molecule has 0 aliphatic rings. The van der Waals surface area contributed by atoms with Gasteiger partial charge in [0.25, 0.3) is 0 Å². The summed E-state index contributed by atoms with van der Waals surface area (Å²) in [7, 11) is 1.72. The van der Waals surface area contributed by atoms with Crippen molar-refractivity contribution < 1.29 is 9.90 Å². The van der Waals surface area contributed by atoms with Crippen LogP contribution in [0, 0.1) is 0 Å². The second kappa shape index (κ2) is 3.07. The number of aromatic carboxylic acids is 1. The Morgan fingerprint density at radius 3 is 2.67 bits per heavy atom. The third-order valence-corrected chi connectivity index (χ3v) is 1.80. The van der Waals surface area contributed by atoms with Crippen LogP contribution in [0.2, 0.25) is 5.02 Å². The maximum absolute atomic E-state index is 10.6. The molecule has 0 atom stereocenters. The first-order chi connectivity index (χ1) is 5.52. The Kier molecular flexibility index (Phi) is 2.28. The van der Waals surface area contributed by atoms with E-state index in [1.807, 2.05) is 0 Å². The van der Waals surface area contributed by atoms with Crippen LogP contribution in [0.3, 0.4) is 0 Å². The summed E-state index contributed by atoms with van der Waals surface area (Å²) in [5.41, 5.74) is 6.52. The second-order valence-electron chi connectivity index (χ2n) is 2.49. The summed E-state index contributed by atoms with van der Waals surface area (Å²) in [6.07, 6.45) is 0. The van der Waals surface area contributed by atoms with E-state index in [1.165, 1.54) is 6.07 Å². The molecule has 0 unspecified atom stereocenters. The maximum Gasteiger partial charge on any atom is 0.337 e. The Labute approximate surface area is 75.5 Å². The topological polar surface area (TPSA) is 63.3 Å². The van der Waals surface area contributed by atoms with Crippen molar-refractivity contribution >= 4 is 36.6 Å². The lowest BCUT2D eigenvalue weighted by atomic mass is 9.92. The molecule has 1 aromatic carbocycles. The average Bonchev–Trinajstić information content (AvgIpc) is 1.96. The third-order valence-electron chi connectivity index (χ3n) is 1.58. The van der Waals surface area contributed by atoms with Crippen LogP contribution in [0.25, 0.3) is 0 Å². The minimum absolute atomic E-state index is 0.0556. The summed E-state index contributed by atoms with van der Waals surface area (Å²) in [6, 6.07) is 2.97. The predicted octanol–water partition coefficient (Wildman–Crippen LogP) is -0.121. The van der Waals surface area contributed by atoms with Crippen LogP contribution in [0.5, 0.6) is 0 Å². The minimum atomic E-state index is -1.06. The molecular weight excluding hydrogens is 176 g/mol. The fourth-order valence-electron chi connectivity index (χ4n) is 0.931. The molecule has 0 saturated heterocycles. The lowest BCUT2D eigenvalue weighted by Crippen LogP contribution is -2.15. The fraction of sp³-hybridized carbons (Fsp3) is 0. The smallest absolute Gasteiger partial charge is 0.337 e. The molecular formula is C7H7BClNO2. The Morgan fingerprint density at radius 2 is 2.17 bits per heavy atom. The maximum atomic E-state index is 10.6. The largest absolute Gasteiger partial charge is 0.478 e. The molecule has 0 aromatic heterocycles. The van der Waals surface area contributed by atoms with Gasteiger partial charge in [0.1, 0.15) is 7.85 Å². The van der Waals surface area contributed by atoms with Gasteiger partial charge in [-0.05, 0) is 12.1 Å². The van der Waals surface area contributed by atoms with E-state index in [0.29, 0.717) is 10.5 Å². The first-order valence-electron chi connectivity index (χ1n) is 3.31. The zero-order valence-corrected chi connectivity index (χ0v) is 7.22. The predicted molar refractivity (Wildman–Crippen MR) is 51.0 cm³/mol. The molecule has 0 amide bonds. The molecule has 62 valence electrons. The molecule has 1 aromatic rings. The van der Waals surface area contributed by atoms with Crippen LogP contribution >= 0.6 is 11.6 Å². The van der Waals surface area contributed by atoms with Crippen molar-refractivity contribution in [2.45, 2.75) is 0 Å². The van der Waals surface area contributed by atoms with Crippen LogP contribution in [0.15, 0.2) is 12.1 Å². The normalized spacial score (nSPS) is 9.75. The summed E-state index contributed by atoms with van der Waals surface area (Å²) >= 11 is 5.65. The average molecular weight is 183 g/mol. The number of carbonyl (C=O) groups is 1. The van der Waals surface area contributed by atoms with Gasteiger partial charge in [-0.15, -0.1) is 0 Å². The van der Waals surface area contributed by atoms with Crippen molar-refractivity contribution in [2.24, 2.45) is 0 Å². The Hall–Kier alpha value is -1.16. The number of anilines is 1. The highest BCUT2D eigenvalue weighted by atomic mass is 35.5. The van der Waals surface area contributed by atoms with E-state index >= 15 is 0 Å². The molecule has 0 aliphatic carbocycles. The van der Waals surface area contributed by atoms with Gasteiger partial charge < -0.3 is 10.8 Å². The number of hydrogen-bond donors (Lipinski definition) is 2. The summed E-state index contributed by atoms with van der Waals surface area (Å²) in [5.74, 6) is -1.06. The van der Waals surface area contributed by atoms with Gasteiger partial charge in [0.15, 0.2) is 0 Å². The summed E-state index contributed by atoms with van der Waals surface area (Å²) in [4.78, 5) is 10.6. The highest BCUT2D eigenvalue weighted by Gasteiger charge is 2.10. The van der Waals surface area contributed by atoms with Gasteiger partial charge in [-0.1, -0.05) is 17.1 Å². The van der Waals surface area contributed by atoms with Crippen LogP contribution in [-0.4, -0.2) is 18.9 Å². The van der Waals surface area contributed by atoms with Crippen LogP contribution in [0.4, 0.5) is 5.69 Å². The van der Waals surface area contributed by atoms with Gasteiger partial charge in [0, 0.05) is 10.7 Å². The number of carboxylic acids is 1. The van der Waals surface area contributed by atoms with E-state index in [-0.39, 0.29) is 11.3 Å². The van der Waals surface area contributed by atoms with E-state index < -0.39 is 5.97 Å². The number of carboxylic acid groups (broad SMARTS) is 1. The zero-order chi connectivity index (χ0) is 9.30. The molecule has 3 N–H and O–H groups in total. The zero-order valence-electron chi connectivity index (χ0n) is 6.47. The number of benzene rings is 1. The standard InChI is InChI=1S/C7H7BClNO2/c8-5-2-3(9)1-4(6(5)10)7(11)12/h1-2H,8,10H2,(H,11,12). The van der Waals surface area contributed by atoms with Crippen molar-refractivity contribution in [3.05, 3.63) is 22.7 Å². The second-order valence-corrected chi connectivity index (χ2v) is 2.93. The molecule has 0 aliphatic heterocycles. The summed E-state index contributed by atoms with van der Waals surface area (Å²) in [6.45, 7) is 0. The Balaban J connectivity index is 3.37. The molecule has 0 spiro atoms. The van der Waals surface area contributed by atoms with Gasteiger partial charge in [-0.2, -0.15) is 0 Å². The van der Waals surface area contributed by atoms with Crippen LogP contribution in [-0.2, 0) is 0 Å². The van der Waals surface area contributed by atoms with Gasteiger partial charge in [-0.25, -0.2) is 4.79 Å². The molecule has 0 fully saturated rings. The van der Waals surface area contributed by atoms with Crippen molar-refractivity contribution in [3.63, 3.8) is 0 Å². The highest BCUT2D eigenvalue weighted by Crippen LogP contribution is 2.15. The highest BCUT2D eigenvalue weighted by molar-refractivity contribution is 6.39. The van der Waals surface area contributed by atoms with E-state index in [2.05, 4.69) is 0 Å². The van der Waals surface area contributed by atoms with E-state index in [4.69, 9.17) is 22.4 Å². The number of rotatable bonds is 1. The fourth-order valence-corrected chi connectivity index (χ4v) is 1.20. The van der Waals surface area contributed by atoms with Crippen molar-refractivity contribution in [1.29, 1.82) is 0 Å². The van der Waals surface area contributed by atoms with E-state index in [9.17, 15) is 4.79 Å². The van der Waals surface area contributed by atoms with Crippen molar-refractivity contribution in [3.8, 4) is 0 Å². The third kappa shape index (κ3) is 1.53. The van der Waals surface area contributed by atoms with Gasteiger partial charge in [0.05, 0.1) is 5.56 Å². The van der Waals surface area contributed by atoms with Gasteiger partial charge >= 0.3 is 5.97 Å². The lowest BCUT2D eigenvalue weighted by molar-refractivity contribution is 0.0698. The minimum Gasteiger partial charge on any atom is -0.478 e. The van der Waals surface area contributed by atoms with Crippen LogP contribution < -0.4 is 11.2 Å². The van der Waals surface area contributed by atoms with Gasteiger partial charge in [0.2, 0.25) is 0 Å². The number of halogens is 1. The number of hydrogen-bond acceptors (Lipinski definition) is 2. The molecule has 1 rings (SSSR count). The molecule has 0 radical (unpaired) electrons. The SMILES string of the molecule is Bc1cc(Cl)cc(C(=O)O)c1N. The molecule has 0 heterocycles. The molecule has 0 bridgehead atoms. The van der Waals surface area contributed by atoms with Gasteiger partial charge in [-0.3, -0.25) is 0 Å². The monoisotopic (exact) mass is 183 g/mol. The quantitative estimate of drug-likeness (QED) is 0.471. The van der Waals surface area contributed by atoms with Crippen LogP contribution in [0.1, 0.15) is 10.4 Å². The lowest BCUT2D eigenvalue weighted by Gasteiger charge is -2.04. The Morgan fingerprint density at radius 1 is 1.58 bits per heavy atom.